The molecule has 1 aromatic carbocycles. The van der Waals surface area contributed by atoms with Crippen LogP contribution in [0.3, 0.4) is 0 Å². The third-order valence-electron chi connectivity index (χ3n) is 3.69. The number of likely N-dealkylation sites (tertiary alicyclic amines) is 1. The van der Waals surface area contributed by atoms with E-state index in [1.54, 1.807) is 0 Å². The molecule has 1 aliphatic heterocycles. The molecule has 94 valence electrons. The van der Waals surface area contributed by atoms with Gasteiger partial charge in [0.05, 0.1) is 0 Å². The summed E-state index contributed by atoms with van der Waals surface area (Å²) in [5, 5.41) is 0. The highest BCUT2D eigenvalue weighted by Crippen LogP contribution is 2.39. The molecule has 1 atom stereocenters. The Labute approximate surface area is 106 Å². The first-order chi connectivity index (χ1) is 8.09. The summed E-state index contributed by atoms with van der Waals surface area (Å²) in [6.45, 7) is 9.60. The van der Waals surface area contributed by atoms with Gasteiger partial charge in [-0.3, -0.25) is 4.90 Å². The summed E-state index contributed by atoms with van der Waals surface area (Å²) in [7, 11) is 0. The Balaban J connectivity index is 2.25. The zero-order valence-corrected chi connectivity index (χ0v) is 11.4. The molecule has 0 amide bonds. The fourth-order valence-corrected chi connectivity index (χ4v) is 3.07. The Morgan fingerprint density at radius 1 is 0.941 bits per heavy atom. The van der Waals surface area contributed by atoms with Gasteiger partial charge in [0.2, 0.25) is 0 Å². The summed E-state index contributed by atoms with van der Waals surface area (Å²) in [5.74, 6) is 0. The molecule has 1 aliphatic rings. The monoisotopic (exact) mass is 231 g/mol. The van der Waals surface area contributed by atoms with E-state index in [0.29, 0.717) is 11.5 Å². The average Bonchev–Trinajstić information content (AvgIpc) is 2.30. The molecular weight excluding hydrogens is 206 g/mol. The SMILES string of the molecule is CC(C)(C)[C@@H](c1ccccc1)N1CCCCC1. The van der Waals surface area contributed by atoms with Gasteiger partial charge in [0.15, 0.2) is 0 Å². The fourth-order valence-electron chi connectivity index (χ4n) is 3.07. The van der Waals surface area contributed by atoms with Crippen LogP contribution in [-0.4, -0.2) is 18.0 Å². The molecule has 0 bridgehead atoms. The summed E-state index contributed by atoms with van der Waals surface area (Å²) >= 11 is 0. The highest BCUT2D eigenvalue weighted by molar-refractivity contribution is 5.21. The maximum Gasteiger partial charge on any atom is 0.0396 e. The highest BCUT2D eigenvalue weighted by Gasteiger charge is 2.32. The van der Waals surface area contributed by atoms with Crippen LogP contribution in [-0.2, 0) is 0 Å². The van der Waals surface area contributed by atoms with Crippen molar-refractivity contribution in [1.82, 2.24) is 4.90 Å². The van der Waals surface area contributed by atoms with E-state index in [1.165, 1.54) is 37.9 Å². The van der Waals surface area contributed by atoms with Gasteiger partial charge >= 0.3 is 0 Å². The first-order valence-electron chi connectivity index (χ1n) is 6.88. The molecule has 0 radical (unpaired) electrons. The van der Waals surface area contributed by atoms with Gasteiger partial charge in [0.1, 0.15) is 0 Å². The standard InChI is InChI=1S/C16H25N/c1-16(2,3)15(14-10-6-4-7-11-14)17-12-8-5-9-13-17/h4,6-7,10-11,15H,5,8-9,12-13H2,1-3H3/t15-/m1/s1. The topological polar surface area (TPSA) is 3.24 Å². The third-order valence-corrected chi connectivity index (χ3v) is 3.69. The second kappa shape index (κ2) is 5.22. The second-order valence-corrected chi connectivity index (χ2v) is 6.28. The van der Waals surface area contributed by atoms with Gasteiger partial charge < -0.3 is 0 Å². The number of rotatable bonds is 2. The van der Waals surface area contributed by atoms with Gasteiger partial charge in [0, 0.05) is 6.04 Å². The van der Waals surface area contributed by atoms with Crippen LogP contribution in [0.4, 0.5) is 0 Å². The molecule has 17 heavy (non-hydrogen) atoms. The Bertz CT molecular complexity index is 330. The van der Waals surface area contributed by atoms with Crippen LogP contribution in [0.1, 0.15) is 51.6 Å². The Morgan fingerprint density at radius 3 is 2.06 bits per heavy atom. The number of hydrogen-bond donors (Lipinski definition) is 0. The van der Waals surface area contributed by atoms with Gasteiger partial charge in [-0.25, -0.2) is 0 Å². The van der Waals surface area contributed by atoms with Crippen molar-refractivity contribution >= 4 is 0 Å². The van der Waals surface area contributed by atoms with Crippen LogP contribution < -0.4 is 0 Å². The predicted octanol–water partition coefficient (Wildman–Crippen LogP) is 4.26. The van der Waals surface area contributed by atoms with E-state index < -0.39 is 0 Å². The van der Waals surface area contributed by atoms with E-state index in [2.05, 4.69) is 56.0 Å². The lowest BCUT2D eigenvalue weighted by molar-refractivity contribution is 0.0797. The van der Waals surface area contributed by atoms with Gasteiger partial charge in [-0.2, -0.15) is 0 Å². The fraction of sp³-hybridized carbons (Fsp3) is 0.625. The first-order valence-corrected chi connectivity index (χ1v) is 6.88. The van der Waals surface area contributed by atoms with Gasteiger partial charge in [-0.1, -0.05) is 57.5 Å². The molecule has 0 aliphatic carbocycles. The summed E-state index contributed by atoms with van der Waals surface area (Å²) in [6.07, 6.45) is 4.13. The molecule has 1 fully saturated rings. The number of piperidine rings is 1. The second-order valence-electron chi connectivity index (χ2n) is 6.28. The van der Waals surface area contributed by atoms with Crippen LogP contribution in [0.25, 0.3) is 0 Å². The van der Waals surface area contributed by atoms with Crippen molar-refractivity contribution in [1.29, 1.82) is 0 Å². The lowest BCUT2D eigenvalue weighted by Gasteiger charge is -2.42. The summed E-state index contributed by atoms with van der Waals surface area (Å²) < 4.78 is 0. The highest BCUT2D eigenvalue weighted by atomic mass is 15.2. The minimum atomic E-state index is 0.304. The molecular formula is C16H25N. The van der Waals surface area contributed by atoms with Crippen LogP contribution in [0, 0.1) is 5.41 Å². The summed E-state index contributed by atoms with van der Waals surface area (Å²) in [5.41, 5.74) is 1.78. The number of hydrogen-bond acceptors (Lipinski definition) is 1. The van der Waals surface area contributed by atoms with Crippen molar-refractivity contribution in [3.8, 4) is 0 Å². The van der Waals surface area contributed by atoms with E-state index in [0.717, 1.165) is 0 Å². The van der Waals surface area contributed by atoms with Crippen molar-refractivity contribution in [2.45, 2.75) is 46.1 Å². The van der Waals surface area contributed by atoms with Crippen LogP contribution in [0.15, 0.2) is 30.3 Å². The molecule has 1 aromatic rings. The summed E-state index contributed by atoms with van der Waals surface area (Å²) in [6, 6.07) is 11.6. The quantitative estimate of drug-likeness (QED) is 0.735. The zero-order chi connectivity index (χ0) is 12.3. The maximum absolute atomic E-state index is 2.68. The molecule has 0 N–H and O–H groups in total. The minimum Gasteiger partial charge on any atom is -0.296 e. The van der Waals surface area contributed by atoms with E-state index in [4.69, 9.17) is 0 Å². The molecule has 1 saturated heterocycles. The molecule has 1 heterocycles. The Morgan fingerprint density at radius 2 is 1.53 bits per heavy atom. The lowest BCUT2D eigenvalue weighted by atomic mass is 9.80. The van der Waals surface area contributed by atoms with E-state index in [-0.39, 0.29) is 0 Å². The molecule has 2 rings (SSSR count). The first kappa shape index (κ1) is 12.6. The smallest absolute Gasteiger partial charge is 0.0396 e. The molecule has 0 aromatic heterocycles. The van der Waals surface area contributed by atoms with Crippen molar-refractivity contribution in [2.24, 2.45) is 5.41 Å². The Kier molecular flexibility index (Phi) is 3.88. The van der Waals surface area contributed by atoms with E-state index in [9.17, 15) is 0 Å². The van der Waals surface area contributed by atoms with E-state index >= 15 is 0 Å². The van der Waals surface area contributed by atoms with Crippen LogP contribution in [0.5, 0.6) is 0 Å². The molecule has 1 heteroatoms. The van der Waals surface area contributed by atoms with E-state index in [1.807, 2.05) is 0 Å². The van der Waals surface area contributed by atoms with Crippen molar-refractivity contribution in [3.63, 3.8) is 0 Å². The largest absolute Gasteiger partial charge is 0.296 e. The van der Waals surface area contributed by atoms with Crippen molar-refractivity contribution in [2.75, 3.05) is 13.1 Å². The normalized spacial score (nSPS) is 20.2. The van der Waals surface area contributed by atoms with Gasteiger partial charge in [0.25, 0.3) is 0 Å². The van der Waals surface area contributed by atoms with Crippen molar-refractivity contribution in [3.05, 3.63) is 35.9 Å². The third kappa shape index (κ3) is 3.10. The Hall–Kier alpha value is -0.820. The minimum absolute atomic E-state index is 0.304. The number of nitrogens with zero attached hydrogens (tertiary/aromatic N) is 1. The van der Waals surface area contributed by atoms with Gasteiger partial charge in [-0.05, 0) is 36.9 Å². The maximum atomic E-state index is 2.68. The lowest BCUT2D eigenvalue weighted by Crippen LogP contribution is -2.40. The summed E-state index contributed by atoms with van der Waals surface area (Å²) in [4.78, 5) is 2.68. The molecule has 0 spiro atoms. The average molecular weight is 231 g/mol. The predicted molar refractivity (Wildman–Crippen MR) is 74.1 cm³/mol. The van der Waals surface area contributed by atoms with Gasteiger partial charge in [-0.15, -0.1) is 0 Å². The molecule has 0 saturated carbocycles. The molecule has 1 nitrogen and oxygen atoms in total. The van der Waals surface area contributed by atoms with Crippen LogP contribution >= 0.6 is 0 Å². The van der Waals surface area contributed by atoms with Crippen LogP contribution in [0.2, 0.25) is 0 Å². The van der Waals surface area contributed by atoms with Crippen molar-refractivity contribution < 1.29 is 0 Å². The number of benzene rings is 1. The zero-order valence-electron chi connectivity index (χ0n) is 11.4. The molecule has 0 unspecified atom stereocenters.